The highest BCUT2D eigenvalue weighted by molar-refractivity contribution is 7.97. The third-order valence-electron chi connectivity index (χ3n) is 7.97. The van der Waals surface area contributed by atoms with Gasteiger partial charge in [-0.25, -0.2) is 9.36 Å². The Hall–Kier alpha value is -3.81. The van der Waals surface area contributed by atoms with Gasteiger partial charge in [0.05, 0.1) is 35.2 Å². The van der Waals surface area contributed by atoms with Crippen molar-refractivity contribution in [3.05, 3.63) is 72.0 Å². The molecular formula is C32H37N4O7S2+. The molecule has 1 fully saturated rings. The molecule has 0 bridgehead atoms. The summed E-state index contributed by atoms with van der Waals surface area (Å²) in [6.45, 7) is 5.47. The van der Waals surface area contributed by atoms with Gasteiger partial charge in [0.15, 0.2) is 5.71 Å². The van der Waals surface area contributed by atoms with E-state index in [0.29, 0.717) is 31.0 Å². The lowest BCUT2D eigenvalue weighted by Gasteiger charge is -2.18. The quantitative estimate of drug-likeness (QED) is 0.107. The van der Waals surface area contributed by atoms with Crippen molar-refractivity contribution in [2.75, 3.05) is 12.3 Å². The molecule has 2 aromatic rings. The van der Waals surface area contributed by atoms with Crippen LogP contribution in [0.5, 0.6) is 0 Å². The van der Waals surface area contributed by atoms with Crippen LogP contribution in [0.2, 0.25) is 0 Å². The van der Waals surface area contributed by atoms with E-state index < -0.39 is 27.9 Å². The van der Waals surface area contributed by atoms with Crippen LogP contribution in [0.4, 0.5) is 5.82 Å². The Kier molecular flexibility index (Phi) is 9.90. The Balaban J connectivity index is 1.21. The SMILES string of the molecule is CC1(C)C(/C=C/C=C2\c3ccccc3SN2CCCS(=O)(=O)O)=Nc2c1ccc[n+]2CCCCCC(=O)ON1C(=O)CCC1=O. The minimum atomic E-state index is -4.02. The van der Waals surface area contributed by atoms with Crippen LogP contribution in [0.1, 0.15) is 69.9 Å². The average molecular weight is 654 g/mol. The summed E-state index contributed by atoms with van der Waals surface area (Å²) in [6, 6.07) is 12.1. The van der Waals surface area contributed by atoms with Crippen LogP contribution in [0, 0.1) is 0 Å². The molecule has 0 unspecified atom stereocenters. The van der Waals surface area contributed by atoms with E-state index >= 15 is 0 Å². The molecule has 5 rings (SSSR count). The summed E-state index contributed by atoms with van der Waals surface area (Å²) >= 11 is 1.56. The first-order valence-corrected chi connectivity index (χ1v) is 17.4. The van der Waals surface area contributed by atoms with Gasteiger partial charge in [-0.1, -0.05) is 24.3 Å². The number of hydrogen-bond acceptors (Lipinski definition) is 9. The lowest BCUT2D eigenvalue weighted by atomic mass is 9.82. The Bertz CT molecular complexity index is 1680. The van der Waals surface area contributed by atoms with E-state index in [1.807, 2.05) is 54.8 Å². The number of unbranched alkanes of at least 4 members (excludes halogenated alkanes) is 2. The minimum Gasteiger partial charge on any atom is -0.330 e. The van der Waals surface area contributed by atoms with Gasteiger partial charge in [0.2, 0.25) is 0 Å². The number of aryl methyl sites for hydroxylation is 1. The standard InChI is InChI=1S/C32H36N4O7S2/c1-32(2)24-12-9-20-34(19-7-3-4-16-30(39)43-36-28(37)17-18-29(36)38)31(24)33-27(32)15-8-13-25-23-11-5-6-14-26(23)44-35(25)21-10-22-45(40,41)42/h5-6,8-9,11-15,20H,3-4,7,10,16-19,21-22H2,1-2H3/p+1. The smallest absolute Gasteiger partial charge is 0.330 e. The Morgan fingerprint density at radius 1 is 1.09 bits per heavy atom. The summed E-state index contributed by atoms with van der Waals surface area (Å²) in [7, 11) is -4.02. The van der Waals surface area contributed by atoms with Crippen LogP contribution < -0.4 is 4.57 Å². The van der Waals surface area contributed by atoms with Crippen LogP contribution in [0.25, 0.3) is 5.70 Å². The van der Waals surface area contributed by atoms with Gasteiger partial charge in [-0.05, 0) is 86.8 Å². The van der Waals surface area contributed by atoms with E-state index in [9.17, 15) is 22.8 Å². The summed E-state index contributed by atoms with van der Waals surface area (Å²) in [5.74, 6) is -0.923. The van der Waals surface area contributed by atoms with E-state index in [2.05, 4.69) is 28.8 Å². The molecule has 0 saturated carbocycles. The van der Waals surface area contributed by atoms with Crippen molar-refractivity contribution in [1.82, 2.24) is 9.37 Å². The number of pyridine rings is 1. The number of imide groups is 1. The van der Waals surface area contributed by atoms with Gasteiger partial charge in [0.25, 0.3) is 21.9 Å². The lowest BCUT2D eigenvalue weighted by molar-refractivity contribution is -0.684. The van der Waals surface area contributed by atoms with Gasteiger partial charge in [0, 0.05) is 36.3 Å². The summed E-state index contributed by atoms with van der Waals surface area (Å²) < 4.78 is 35.8. The highest BCUT2D eigenvalue weighted by Gasteiger charge is 2.42. The number of carbonyl (C=O) groups excluding carboxylic acids is 3. The first-order valence-electron chi connectivity index (χ1n) is 15.0. The van der Waals surface area contributed by atoms with E-state index in [4.69, 9.17) is 14.4 Å². The number of hydroxylamine groups is 2. The second kappa shape index (κ2) is 13.7. The fourth-order valence-corrected chi connectivity index (χ4v) is 7.15. The molecule has 11 nitrogen and oxygen atoms in total. The first-order chi connectivity index (χ1) is 21.4. The molecule has 238 valence electrons. The molecule has 1 aromatic heterocycles. The highest BCUT2D eigenvalue weighted by atomic mass is 32.2. The van der Waals surface area contributed by atoms with Crippen LogP contribution in [0.3, 0.4) is 0 Å². The minimum absolute atomic E-state index is 0.0769. The van der Waals surface area contributed by atoms with E-state index in [1.54, 1.807) is 11.9 Å². The van der Waals surface area contributed by atoms with Crippen LogP contribution in [-0.4, -0.2) is 58.1 Å². The number of hydrogen-bond donors (Lipinski definition) is 1. The molecule has 0 spiro atoms. The summed E-state index contributed by atoms with van der Waals surface area (Å²) in [5, 5.41) is 0.586. The number of aliphatic imine (C=N–C) groups is 1. The number of rotatable bonds is 13. The normalized spacial score (nSPS) is 18.2. The van der Waals surface area contributed by atoms with Gasteiger partial charge in [0.1, 0.15) is 0 Å². The number of allylic oxidation sites excluding steroid dienone is 3. The first kappa shape index (κ1) is 32.6. The van der Waals surface area contributed by atoms with Crippen molar-refractivity contribution < 1.29 is 36.8 Å². The number of benzene rings is 1. The molecule has 3 aliphatic rings. The molecule has 1 aromatic carbocycles. The molecule has 0 aliphatic carbocycles. The van der Waals surface area contributed by atoms with E-state index in [1.165, 1.54) is 0 Å². The van der Waals surface area contributed by atoms with Crippen molar-refractivity contribution in [3.8, 4) is 0 Å². The van der Waals surface area contributed by atoms with Crippen LogP contribution >= 0.6 is 11.9 Å². The molecule has 1 saturated heterocycles. The fraction of sp³-hybridized carbons (Fsp3) is 0.406. The topological polar surface area (TPSA) is 138 Å². The number of carbonyl (C=O) groups is 3. The second-order valence-electron chi connectivity index (χ2n) is 11.7. The third-order valence-corrected chi connectivity index (χ3v) is 9.93. The van der Waals surface area contributed by atoms with E-state index in [-0.39, 0.29) is 30.4 Å². The molecule has 1 N–H and O–H groups in total. The predicted molar refractivity (Wildman–Crippen MR) is 170 cm³/mol. The van der Waals surface area contributed by atoms with Gasteiger partial charge in [-0.15, -0.1) is 5.06 Å². The van der Waals surface area contributed by atoms with Crippen LogP contribution in [0.15, 0.2) is 70.7 Å². The van der Waals surface area contributed by atoms with Crippen molar-refractivity contribution in [2.45, 2.75) is 75.6 Å². The van der Waals surface area contributed by atoms with Gasteiger partial charge >= 0.3 is 11.8 Å². The third kappa shape index (κ3) is 7.71. The number of nitrogens with zero attached hydrogens (tertiary/aromatic N) is 4. The van der Waals surface area contributed by atoms with Gasteiger partial charge < -0.3 is 9.14 Å². The van der Waals surface area contributed by atoms with Crippen molar-refractivity contribution in [2.24, 2.45) is 4.99 Å². The van der Waals surface area contributed by atoms with E-state index in [0.717, 1.165) is 46.1 Å². The molecule has 13 heteroatoms. The van der Waals surface area contributed by atoms with Crippen molar-refractivity contribution in [1.29, 1.82) is 0 Å². The zero-order valence-corrected chi connectivity index (χ0v) is 27.0. The number of amides is 2. The molecule has 45 heavy (non-hydrogen) atoms. The van der Waals surface area contributed by atoms with Gasteiger partial charge in [-0.2, -0.15) is 8.42 Å². The van der Waals surface area contributed by atoms with Crippen molar-refractivity contribution >= 4 is 57.1 Å². The second-order valence-corrected chi connectivity index (χ2v) is 14.3. The fourth-order valence-electron chi connectivity index (χ4n) is 5.53. The van der Waals surface area contributed by atoms with Crippen molar-refractivity contribution in [3.63, 3.8) is 0 Å². The Morgan fingerprint density at radius 2 is 1.84 bits per heavy atom. The molecule has 0 atom stereocenters. The largest absolute Gasteiger partial charge is 0.333 e. The molecule has 3 aliphatic heterocycles. The molecule has 4 heterocycles. The zero-order chi connectivity index (χ0) is 32.2. The summed E-state index contributed by atoms with van der Waals surface area (Å²) in [5.41, 5.74) is 3.75. The lowest BCUT2D eigenvalue weighted by Crippen LogP contribution is -2.35. The predicted octanol–water partition coefficient (Wildman–Crippen LogP) is 4.70. The summed E-state index contributed by atoms with van der Waals surface area (Å²) in [4.78, 5) is 46.4. The molecular weight excluding hydrogens is 617 g/mol. The Morgan fingerprint density at radius 3 is 2.60 bits per heavy atom. The number of fused-ring (bicyclic) bond motifs is 2. The Labute approximate surface area is 267 Å². The highest BCUT2D eigenvalue weighted by Crippen LogP contribution is 2.43. The molecule has 2 amide bonds. The van der Waals surface area contributed by atoms with Crippen LogP contribution in [-0.2, 0) is 41.3 Å². The summed E-state index contributed by atoms with van der Waals surface area (Å²) in [6.07, 6.45) is 10.8. The maximum Gasteiger partial charge on any atom is 0.333 e. The average Bonchev–Trinajstić information content (AvgIpc) is 3.59. The number of aromatic nitrogens is 1. The maximum atomic E-state index is 12.1. The maximum absolute atomic E-state index is 12.1. The molecule has 0 radical (unpaired) electrons. The van der Waals surface area contributed by atoms with Gasteiger partial charge in [-0.3, -0.25) is 14.1 Å². The monoisotopic (exact) mass is 653 g/mol. The zero-order valence-electron chi connectivity index (χ0n) is 25.3.